The van der Waals surface area contributed by atoms with Gasteiger partial charge in [-0.1, -0.05) is 111 Å². The Kier molecular flexibility index (Phi) is 10.7. The van der Waals surface area contributed by atoms with Crippen LogP contribution in [0.25, 0.3) is 38.7 Å². The monoisotopic (exact) mass is 599 g/mol. The molecular formula is C43H41N3. The largest absolute Gasteiger partial charge is 0.388 e. The second-order valence-corrected chi connectivity index (χ2v) is 10.7. The van der Waals surface area contributed by atoms with Crippen molar-refractivity contribution in [2.24, 2.45) is 9.98 Å². The van der Waals surface area contributed by atoms with Crippen LogP contribution in [-0.4, -0.2) is 19.0 Å². The number of nitrogens with one attached hydrogen (secondary N) is 1. The minimum Gasteiger partial charge on any atom is -0.388 e. The Hall–Kier alpha value is -5.54. The van der Waals surface area contributed by atoms with Gasteiger partial charge in [-0.05, 0) is 100 Å². The molecule has 0 unspecified atom stereocenters. The van der Waals surface area contributed by atoms with Gasteiger partial charge in [0.15, 0.2) is 0 Å². The zero-order valence-electron chi connectivity index (χ0n) is 27.3. The van der Waals surface area contributed by atoms with E-state index in [-0.39, 0.29) is 0 Å². The van der Waals surface area contributed by atoms with Crippen molar-refractivity contribution in [1.29, 1.82) is 0 Å². The topological polar surface area (TPSA) is 36.8 Å². The summed E-state index contributed by atoms with van der Waals surface area (Å²) >= 11 is 0. The van der Waals surface area contributed by atoms with Crippen LogP contribution in [0.4, 0.5) is 5.69 Å². The molecule has 3 heteroatoms. The Morgan fingerprint density at radius 1 is 0.630 bits per heavy atom. The van der Waals surface area contributed by atoms with Gasteiger partial charge in [0, 0.05) is 36.3 Å². The quantitative estimate of drug-likeness (QED) is 0.133. The van der Waals surface area contributed by atoms with Crippen molar-refractivity contribution in [3.05, 3.63) is 168 Å². The molecule has 6 rings (SSSR count). The standard InChI is InChI=1S/C41H35N3.C2H6/c1-4-29(30-11-9-13-32(23-30)38-27-43-28-38)21-22-41(44-39-15-7-6-8-16-39)37-20-19-34-24-33(17-18-35(34)26-37)31-12-10-14-36(25-31)40(5-2)42-3;1-2/h4-28,42H,1-3H3;1-2H3/b22-21-,29-4+,40-5-,44-41?;. The number of rotatable bonds is 9. The smallest absolute Gasteiger partial charge is 0.0709 e. The zero-order valence-corrected chi connectivity index (χ0v) is 27.3. The van der Waals surface area contributed by atoms with Crippen molar-refractivity contribution in [1.82, 2.24) is 5.32 Å². The number of aliphatic imine (C=N–C) groups is 2. The highest BCUT2D eigenvalue weighted by Gasteiger charge is 2.09. The van der Waals surface area contributed by atoms with Crippen LogP contribution in [0.3, 0.4) is 0 Å². The number of para-hydroxylation sites is 1. The third-order valence-corrected chi connectivity index (χ3v) is 7.89. The molecule has 0 radical (unpaired) electrons. The molecule has 0 amide bonds. The molecule has 0 saturated carbocycles. The number of benzene rings is 5. The molecule has 0 aliphatic carbocycles. The van der Waals surface area contributed by atoms with Crippen LogP contribution in [0.5, 0.6) is 0 Å². The highest BCUT2D eigenvalue weighted by molar-refractivity contribution is 6.15. The fourth-order valence-electron chi connectivity index (χ4n) is 5.45. The number of allylic oxidation sites excluding steroid dienone is 6. The maximum Gasteiger partial charge on any atom is 0.0709 e. The molecule has 1 N–H and O–H groups in total. The van der Waals surface area contributed by atoms with Gasteiger partial charge < -0.3 is 5.32 Å². The lowest BCUT2D eigenvalue weighted by molar-refractivity contribution is 1.12. The third-order valence-electron chi connectivity index (χ3n) is 7.89. The van der Waals surface area contributed by atoms with E-state index in [4.69, 9.17) is 4.99 Å². The molecule has 0 fully saturated rings. The molecule has 0 saturated heterocycles. The van der Waals surface area contributed by atoms with E-state index in [2.05, 4.69) is 133 Å². The molecule has 3 nitrogen and oxygen atoms in total. The van der Waals surface area contributed by atoms with Crippen LogP contribution in [0.15, 0.2) is 156 Å². The van der Waals surface area contributed by atoms with Crippen molar-refractivity contribution >= 4 is 45.2 Å². The Balaban J connectivity index is 0.00000204. The summed E-state index contributed by atoms with van der Waals surface area (Å²) < 4.78 is 0. The first kappa shape index (κ1) is 31.9. The molecule has 5 aromatic rings. The van der Waals surface area contributed by atoms with E-state index < -0.39 is 0 Å². The van der Waals surface area contributed by atoms with E-state index in [1.807, 2.05) is 63.6 Å². The molecule has 5 aromatic carbocycles. The van der Waals surface area contributed by atoms with Crippen LogP contribution >= 0.6 is 0 Å². The second kappa shape index (κ2) is 15.5. The van der Waals surface area contributed by atoms with Crippen molar-refractivity contribution in [3.8, 4) is 11.1 Å². The minimum atomic E-state index is 0.908. The molecule has 0 atom stereocenters. The van der Waals surface area contributed by atoms with E-state index >= 15 is 0 Å². The molecule has 228 valence electrons. The van der Waals surface area contributed by atoms with Gasteiger partial charge in [0.2, 0.25) is 0 Å². The summed E-state index contributed by atoms with van der Waals surface area (Å²) in [5, 5.41) is 5.66. The van der Waals surface area contributed by atoms with Crippen LogP contribution in [0.1, 0.15) is 49.9 Å². The molecular weight excluding hydrogens is 558 g/mol. The molecule has 1 aliphatic rings. The van der Waals surface area contributed by atoms with Crippen molar-refractivity contribution < 1.29 is 0 Å². The highest BCUT2D eigenvalue weighted by atomic mass is 14.8. The molecule has 1 aliphatic heterocycles. The zero-order chi connectivity index (χ0) is 32.3. The fraction of sp³-hybridized carbons (Fsp3) is 0.116. The normalized spacial score (nSPS) is 13.2. The fourth-order valence-corrected chi connectivity index (χ4v) is 5.45. The van der Waals surface area contributed by atoms with Crippen LogP contribution in [-0.2, 0) is 0 Å². The van der Waals surface area contributed by atoms with E-state index in [9.17, 15) is 0 Å². The minimum absolute atomic E-state index is 0.908. The lowest BCUT2D eigenvalue weighted by atomic mass is 9.96. The Morgan fingerprint density at radius 2 is 1.30 bits per heavy atom. The van der Waals surface area contributed by atoms with Gasteiger partial charge in [-0.15, -0.1) is 0 Å². The number of nitrogens with zero attached hydrogens (tertiary/aromatic N) is 2. The summed E-state index contributed by atoms with van der Waals surface area (Å²) in [5.41, 5.74) is 12.2. The predicted octanol–water partition coefficient (Wildman–Crippen LogP) is 11.3. The van der Waals surface area contributed by atoms with Gasteiger partial charge in [0.1, 0.15) is 0 Å². The van der Waals surface area contributed by atoms with Gasteiger partial charge >= 0.3 is 0 Å². The van der Waals surface area contributed by atoms with Gasteiger partial charge in [-0.3, -0.25) is 4.99 Å². The first-order valence-electron chi connectivity index (χ1n) is 16.0. The summed E-state index contributed by atoms with van der Waals surface area (Å²) in [7, 11) is 1.96. The Morgan fingerprint density at radius 3 is 2.00 bits per heavy atom. The number of fused-ring (bicyclic) bond motifs is 1. The first-order chi connectivity index (χ1) is 22.6. The maximum absolute atomic E-state index is 5.08. The summed E-state index contributed by atoms with van der Waals surface area (Å²) in [6, 6.07) is 40.7. The SMILES string of the molecule is C/C=C(\NC)c1cccc(-c2ccc3cc(C(/C=C\C(=C/C)c4cccc(C5=CN=C5)c4)=Nc4ccccc4)ccc3c2)c1.CC. The molecule has 46 heavy (non-hydrogen) atoms. The lowest BCUT2D eigenvalue weighted by Crippen LogP contribution is -2.03. The summed E-state index contributed by atoms with van der Waals surface area (Å²) in [6.45, 7) is 8.13. The molecule has 0 bridgehead atoms. The van der Waals surface area contributed by atoms with E-state index in [0.717, 1.165) is 39.4 Å². The lowest BCUT2D eigenvalue weighted by Gasteiger charge is -2.11. The van der Waals surface area contributed by atoms with Gasteiger partial charge in [0.05, 0.1) is 11.4 Å². The third kappa shape index (κ3) is 7.39. The van der Waals surface area contributed by atoms with Gasteiger partial charge in [-0.2, -0.15) is 0 Å². The number of hydrogen-bond acceptors (Lipinski definition) is 3. The van der Waals surface area contributed by atoms with Gasteiger partial charge in [0.25, 0.3) is 0 Å². The average Bonchev–Trinajstić information content (AvgIpc) is 3.09. The average molecular weight is 600 g/mol. The first-order valence-corrected chi connectivity index (χ1v) is 16.0. The van der Waals surface area contributed by atoms with Crippen molar-refractivity contribution in [3.63, 3.8) is 0 Å². The Labute approximate surface area is 273 Å². The predicted molar refractivity (Wildman–Crippen MR) is 202 cm³/mol. The number of hydrogen-bond donors (Lipinski definition) is 1. The van der Waals surface area contributed by atoms with E-state index in [1.54, 1.807) is 0 Å². The van der Waals surface area contributed by atoms with Crippen LogP contribution < -0.4 is 5.32 Å². The van der Waals surface area contributed by atoms with E-state index in [0.29, 0.717) is 0 Å². The second-order valence-electron chi connectivity index (χ2n) is 10.7. The molecule has 0 aromatic heterocycles. The summed E-state index contributed by atoms with van der Waals surface area (Å²) in [6.07, 6.45) is 12.3. The van der Waals surface area contributed by atoms with Crippen molar-refractivity contribution in [2.75, 3.05) is 7.05 Å². The van der Waals surface area contributed by atoms with Crippen LogP contribution in [0.2, 0.25) is 0 Å². The molecule has 0 spiro atoms. The maximum atomic E-state index is 5.08. The van der Waals surface area contributed by atoms with Crippen LogP contribution in [0, 0.1) is 0 Å². The van der Waals surface area contributed by atoms with E-state index in [1.165, 1.54) is 33.0 Å². The molecule has 1 heterocycles. The van der Waals surface area contributed by atoms with Gasteiger partial charge in [-0.25, -0.2) is 4.99 Å². The summed E-state index contributed by atoms with van der Waals surface area (Å²) in [4.78, 5) is 9.20. The highest BCUT2D eigenvalue weighted by Crippen LogP contribution is 2.29. The summed E-state index contributed by atoms with van der Waals surface area (Å²) in [5.74, 6) is 0. The Bertz CT molecular complexity index is 2000. The van der Waals surface area contributed by atoms with Crippen molar-refractivity contribution in [2.45, 2.75) is 27.7 Å².